The first kappa shape index (κ1) is 14.6. The van der Waals surface area contributed by atoms with Crippen molar-refractivity contribution in [2.45, 2.75) is 19.0 Å². The summed E-state index contributed by atoms with van der Waals surface area (Å²) in [5.41, 5.74) is 1.02. The van der Waals surface area contributed by atoms with E-state index in [0.717, 1.165) is 10.6 Å². The third-order valence-electron chi connectivity index (χ3n) is 3.42. The normalized spacial score (nSPS) is 21.7. The molecule has 0 saturated carbocycles. The molecule has 104 valence electrons. The molecule has 19 heavy (non-hydrogen) atoms. The summed E-state index contributed by atoms with van der Waals surface area (Å²) in [5, 5.41) is 0.720. The van der Waals surface area contributed by atoms with Crippen LogP contribution in [0.3, 0.4) is 0 Å². The Morgan fingerprint density at radius 3 is 2.74 bits per heavy atom. The smallest absolute Gasteiger partial charge is 0.151 e. The van der Waals surface area contributed by atoms with Gasteiger partial charge in [0.25, 0.3) is 0 Å². The predicted octanol–water partition coefficient (Wildman–Crippen LogP) is 2.52. The first-order chi connectivity index (χ1) is 9.02. The lowest BCUT2D eigenvalue weighted by Crippen LogP contribution is -2.35. The van der Waals surface area contributed by atoms with Crippen LogP contribution in [0.1, 0.15) is 12.0 Å². The van der Waals surface area contributed by atoms with Crippen LogP contribution < -0.4 is 0 Å². The van der Waals surface area contributed by atoms with Crippen molar-refractivity contribution in [1.29, 1.82) is 0 Å². The van der Waals surface area contributed by atoms with E-state index in [0.29, 0.717) is 19.5 Å². The van der Waals surface area contributed by atoms with Gasteiger partial charge < -0.3 is 0 Å². The lowest BCUT2D eigenvalue weighted by atomic mass is 10.1. The van der Waals surface area contributed by atoms with Crippen LogP contribution in [0.25, 0.3) is 0 Å². The monoisotopic (exact) mass is 299 g/mol. The summed E-state index contributed by atoms with van der Waals surface area (Å²) in [6, 6.07) is 7.73. The van der Waals surface area contributed by atoms with Gasteiger partial charge in [-0.05, 0) is 18.1 Å². The molecule has 0 aliphatic carbocycles. The molecule has 0 unspecified atom stereocenters. The van der Waals surface area contributed by atoms with E-state index < -0.39 is 9.84 Å². The second-order valence-electron chi connectivity index (χ2n) is 4.87. The fourth-order valence-corrected chi connectivity index (χ4v) is 4.37. The first-order valence-electron chi connectivity index (χ1n) is 6.30. The van der Waals surface area contributed by atoms with Gasteiger partial charge in [0.1, 0.15) is 0 Å². The number of nitrogens with zero attached hydrogens (tertiary/aromatic N) is 1. The minimum atomic E-state index is -2.87. The summed E-state index contributed by atoms with van der Waals surface area (Å²) in [5.74, 6) is 0.527. The van der Waals surface area contributed by atoms with Crippen molar-refractivity contribution in [2.24, 2.45) is 0 Å². The number of hydrogen-bond donors (Lipinski definition) is 0. The lowest BCUT2D eigenvalue weighted by Gasteiger charge is -2.27. The standard InChI is InChI=1S/C14H18ClNO2S/c1-2-8-16(13-7-9-19(17,18)11-13)10-12-5-3-4-6-14(12)15/h2-6,13H,1,7-11H2/t13-/m0/s1. The highest BCUT2D eigenvalue weighted by Crippen LogP contribution is 2.23. The van der Waals surface area contributed by atoms with Crippen LogP contribution in [0.15, 0.2) is 36.9 Å². The predicted molar refractivity (Wildman–Crippen MR) is 79.1 cm³/mol. The van der Waals surface area contributed by atoms with Crippen molar-refractivity contribution in [1.82, 2.24) is 4.90 Å². The summed E-state index contributed by atoms with van der Waals surface area (Å²) in [6.45, 7) is 5.08. The van der Waals surface area contributed by atoms with Crippen molar-refractivity contribution in [3.05, 3.63) is 47.5 Å². The Labute approximate surface area is 119 Å². The molecule has 3 nitrogen and oxygen atoms in total. The van der Waals surface area contributed by atoms with Gasteiger partial charge in [0.2, 0.25) is 0 Å². The van der Waals surface area contributed by atoms with E-state index in [2.05, 4.69) is 11.5 Å². The van der Waals surface area contributed by atoms with Crippen molar-refractivity contribution < 1.29 is 8.42 Å². The molecule has 1 saturated heterocycles. The van der Waals surface area contributed by atoms with E-state index in [4.69, 9.17) is 11.6 Å². The fourth-order valence-electron chi connectivity index (χ4n) is 2.42. The lowest BCUT2D eigenvalue weighted by molar-refractivity contribution is 0.227. The van der Waals surface area contributed by atoms with Crippen LogP contribution in [0.4, 0.5) is 0 Å². The molecule has 5 heteroatoms. The van der Waals surface area contributed by atoms with Gasteiger partial charge in [0, 0.05) is 24.2 Å². The third kappa shape index (κ3) is 3.81. The summed E-state index contributed by atoms with van der Waals surface area (Å²) in [4.78, 5) is 2.14. The molecular weight excluding hydrogens is 282 g/mol. The van der Waals surface area contributed by atoms with Gasteiger partial charge in [-0.1, -0.05) is 35.9 Å². The van der Waals surface area contributed by atoms with Gasteiger partial charge in [0.15, 0.2) is 9.84 Å². The van der Waals surface area contributed by atoms with E-state index in [1.807, 2.05) is 30.3 Å². The molecule has 1 fully saturated rings. The number of rotatable bonds is 5. The molecule has 1 aliphatic rings. The van der Waals surface area contributed by atoms with E-state index >= 15 is 0 Å². The van der Waals surface area contributed by atoms with Crippen molar-refractivity contribution in [2.75, 3.05) is 18.1 Å². The highest BCUT2D eigenvalue weighted by atomic mass is 35.5. The Hall–Kier alpha value is -0.840. The zero-order valence-electron chi connectivity index (χ0n) is 10.8. The highest BCUT2D eigenvalue weighted by Gasteiger charge is 2.31. The summed E-state index contributed by atoms with van der Waals surface area (Å²) in [7, 11) is -2.87. The third-order valence-corrected chi connectivity index (χ3v) is 5.54. The molecule has 2 rings (SSSR count). The molecule has 1 aromatic carbocycles. The van der Waals surface area contributed by atoms with Crippen molar-refractivity contribution >= 4 is 21.4 Å². The average molecular weight is 300 g/mol. The van der Waals surface area contributed by atoms with Gasteiger partial charge in [-0.25, -0.2) is 8.42 Å². The van der Waals surface area contributed by atoms with E-state index in [1.54, 1.807) is 0 Å². The number of hydrogen-bond acceptors (Lipinski definition) is 3. The molecule has 0 bridgehead atoms. The Balaban J connectivity index is 2.13. The van der Waals surface area contributed by atoms with Crippen molar-refractivity contribution in [3.8, 4) is 0 Å². The second-order valence-corrected chi connectivity index (χ2v) is 7.50. The van der Waals surface area contributed by atoms with Crippen LogP contribution in [0.2, 0.25) is 5.02 Å². The van der Waals surface area contributed by atoms with E-state index in [9.17, 15) is 8.42 Å². The van der Waals surface area contributed by atoms with Crippen LogP contribution in [-0.4, -0.2) is 37.4 Å². The van der Waals surface area contributed by atoms with Crippen LogP contribution in [-0.2, 0) is 16.4 Å². The van der Waals surface area contributed by atoms with Gasteiger partial charge in [-0.2, -0.15) is 0 Å². The first-order valence-corrected chi connectivity index (χ1v) is 8.50. The molecule has 0 N–H and O–H groups in total. The van der Waals surface area contributed by atoms with Crippen LogP contribution in [0.5, 0.6) is 0 Å². The van der Waals surface area contributed by atoms with Gasteiger partial charge >= 0.3 is 0 Å². The average Bonchev–Trinajstić information content (AvgIpc) is 2.72. The van der Waals surface area contributed by atoms with Gasteiger partial charge in [0.05, 0.1) is 11.5 Å². The molecule has 0 spiro atoms. The number of benzene rings is 1. The Kier molecular flexibility index (Phi) is 4.66. The maximum absolute atomic E-state index is 11.6. The van der Waals surface area contributed by atoms with E-state index in [-0.39, 0.29) is 17.5 Å². The maximum Gasteiger partial charge on any atom is 0.151 e. The zero-order valence-corrected chi connectivity index (χ0v) is 12.3. The van der Waals surface area contributed by atoms with Gasteiger partial charge in [-0.3, -0.25) is 4.90 Å². The minimum absolute atomic E-state index is 0.0688. The Bertz CT molecular complexity index is 556. The highest BCUT2D eigenvalue weighted by molar-refractivity contribution is 7.91. The molecule has 1 aromatic rings. The van der Waals surface area contributed by atoms with E-state index in [1.165, 1.54) is 0 Å². The summed E-state index contributed by atoms with van der Waals surface area (Å²) in [6.07, 6.45) is 2.50. The molecule has 1 heterocycles. The maximum atomic E-state index is 11.6. The summed E-state index contributed by atoms with van der Waals surface area (Å²) >= 11 is 6.16. The molecule has 0 radical (unpaired) electrons. The molecule has 1 aliphatic heterocycles. The Morgan fingerprint density at radius 2 is 2.16 bits per heavy atom. The SMILES string of the molecule is C=CCN(Cc1ccccc1Cl)[C@H]1CCS(=O)(=O)C1. The summed E-state index contributed by atoms with van der Waals surface area (Å²) < 4.78 is 23.2. The molecule has 0 aromatic heterocycles. The van der Waals surface area contributed by atoms with Gasteiger partial charge in [-0.15, -0.1) is 6.58 Å². The zero-order chi connectivity index (χ0) is 13.9. The molecular formula is C14H18ClNO2S. The van der Waals surface area contributed by atoms with Crippen LogP contribution in [0, 0.1) is 0 Å². The van der Waals surface area contributed by atoms with Crippen LogP contribution >= 0.6 is 11.6 Å². The minimum Gasteiger partial charge on any atom is -0.291 e. The molecule has 1 atom stereocenters. The number of halogens is 1. The second kappa shape index (κ2) is 6.07. The molecule has 0 amide bonds. The quantitative estimate of drug-likeness (QED) is 0.784. The van der Waals surface area contributed by atoms with Crippen molar-refractivity contribution in [3.63, 3.8) is 0 Å². The fraction of sp³-hybridized carbons (Fsp3) is 0.429. The Morgan fingerprint density at radius 1 is 1.42 bits per heavy atom. The largest absolute Gasteiger partial charge is 0.291 e. The number of sulfone groups is 1. The topological polar surface area (TPSA) is 37.4 Å².